The quantitative estimate of drug-likeness (QED) is 0.722. The van der Waals surface area contributed by atoms with Gasteiger partial charge in [0.15, 0.2) is 0 Å². The molecular weight excluding hydrogens is 146 g/mol. The van der Waals surface area contributed by atoms with Crippen LogP contribution in [0, 0.1) is 0 Å². The molecule has 0 spiro atoms. The Labute approximate surface area is 74.8 Å². The van der Waals surface area contributed by atoms with Crippen LogP contribution in [0.15, 0.2) is 18.2 Å². The molecule has 1 heteroatoms. The van der Waals surface area contributed by atoms with Gasteiger partial charge in [-0.25, -0.2) is 0 Å². The molecule has 0 radical (unpaired) electrons. The Bertz CT molecular complexity index is 231. The summed E-state index contributed by atoms with van der Waals surface area (Å²) in [6.45, 7) is 4.38. The van der Waals surface area contributed by atoms with Crippen molar-refractivity contribution < 1.29 is 0 Å². The second-order valence-electron chi connectivity index (χ2n) is 2.91. The molecule has 1 aromatic carbocycles. The number of rotatable bonds is 3. The van der Waals surface area contributed by atoms with Gasteiger partial charge in [-0.05, 0) is 24.0 Å². The second-order valence-corrected chi connectivity index (χ2v) is 2.91. The van der Waals surface area contributed by atoms with E-state index in [-0.39, 0.29) is 0 Å². The maximum atomic E-state index is 3.27. The molecule has 0 saturated heterocycles. The molecule has 1 rings (SSSR count). The van der Waals surface area contributed by atoms with Crippen molar-refractivity contribution in [3.05, 3.63) is 29.3 Å². The van der Waals surface area contributed by atoms with Crippen molar-refractivity contribution in [2.45, 2.75) is 26.7 Å². The smallest absolute Gasteiger partial charge is 0.0402 e. The van der Waals surface area contributed by atoms with Crippen molar-refractivity contribution in [2.75, 3.05) is 12.4 Å². The zero-order chi connectivity index (χ0) is 8.97. The molecule has 1 nitrogen and oxygen atoms in total. The van der Waals surface area contributed by atoms with Crippen molar-refractivity contribution in [1.29, 1.82) is 0 Å². The van der Waals surface area contributed by atoms with Gasteiger partial charge in [0.1, 0.15) is 0 Å². The first-order valence-electron chi connectivity index (χ1n) is 4.62. The molecule has 0 atom stereocenters. The van der Waals surface area contributed by atoms with E-state index < -0.39 is 0 Å². The van der Waals surface area contributed by atoms with Gasteiger partial charge in [-0.1, -0.05) is 32.0 Å². The molecule has 0 bridgehead atoms. The minimum atomic E-state index is 1.10. The molecule has 0 aliphatic heterocycles. The minimum Gasteiger partial charge on any atom is -0.388 e. The monoisotopic (exact) mass is 163 g/mol. The standard InChI is InChI=1S/C11H17N/c1-4-9-7-6-8-10(5-2)11(9)12-3/h6-8,12H,4-5H2,1-3H3. The molecule has 0 heterocycles. The van der Waals surface area contributed by atoms with Gasteiger partial charge < -0.3 is 5.32 Å². The molecule has 0 aliphatic rings. The van der Waals surface area contributed by atoms with E-state index in [0.29, 0.717) is 0 Å². The summed E-state index contributed by atoms with van der Waals surface area (Å²) >= 11 is 0. The molecule has 0 fully saturated rings. The molecule has 66 valence electrons. The van der Waals surface area contributed by atoms with E-state index in [1.165, 1.54) is 16.8 Å². The molecule has 12 heavy (non-hydrogen) atoms. The third kappa shape index (κ3) is 1.60. The van der Waals surface area contributed by atoms with Crippen LogP contribution in [0.2, 0.25) is 0 Å². The summed E-state index contributed by atoms with van der Waals surface area (Å²) in [5.74, 6) is 0. The normalized spacial score (nSPS) is 9.92. The number of aryl methyl sites for hydroxylation is 2. The predicted octanol–water partition coefficient (Wildman–Crippen LogP) is 2.85. The van der Waals surface area contributed by atoms with E-state index >= 15 is 0 Å². The molecule has 0 unspecified atom stereocenters. The third-order valence-electron chi connectivity index (χ3n) is 2.25. The van der Waals surface area contributed by atoms with Gasteiger partial charge in [-0.15, -0.1) is 0 Å². The van der Waals surface area contributed by atoms with Gasteiger partial charge in [-0.2, -0.15) is 0 Å². The van der Waals surface area contributed by atoms with Crippen LogP contribution in [-0.2, 0) is 12.8 Å². The lowest BCUT2D eigenvalue weighted by Crippen LogP contribution is -1.98. The van der Waals surface area contributed by atoms with Crippen LogP contribution in [-0.4, -0.2) is 7.05 Å². The lowest BCUT2D eigenvalue weighted by atomic mass is 10.0. The summed E-state index contributed by atoms with van der Waals surface area (Å²) in [6, 6.07) is 6.51. The zero-order valence-electron chi connectivity index (χ0n) is 8.15. The average Bonchev–Trinajstić information content (AvgIpc) is 2.16. The van der Waals surface area contributed by atoms with E-state index in [1.807, 2.05) is 7.05 Å². The fourth-order valence-corrected chi connectivity index (χ4v) is 1.56. The molecular formula is C11H17N. The van der Waals surface area contributed by atoms with Crippen molar-refractivity contribution in [3.8, 4) is 0 Å². The van der Waals surface area contributed by atoms with Crippen LogP contribution in [0.5, 0.6) is 0 Å². The molecule has 1 aromatic rings. The summed E-state index contributed by atoms with van der Waals surface area (Å²) in [7, 11) is 1.99. The Kier molecular flexibility index (Phi) is 3.15. The lowest BCUT2D eigenvalue weighted by molar-refractivity contribution is 1.08. The van der Waals surface area contributed by atoms with Gasteiger partial charge >= 0.3 is 0 Å². The van der Waals surface area contributed by atoms with E-state index in [4.69, 9.17) is 0 Å². The Morgan fingerprint density at radius 1 is 1.08 bits per heavy atom. The first-order chi connectivity index (χ1) is 5.83. The van der Waals surface area contributed by atoms with E-state index in [1.54, 1.807) is 0 Å². The average molecular weight is 163 g/mol. The number of benzene rings is 1. The van der Waals surface area contributed by atoms with Gasteiger partial charge in [-0.3, -0.25) is 0 Å². The highest BCUT2D eigenvalue weighted by atomic mass is 14.8. The maximum Gasteiger partial charge on any atom is 0.0402 e. The highest BCUT2D eigenvalue weighted by Crippen LogP contribution is 2.21. The molecule has 0 amide bonds. The van der Waals surface area contributed by atoms with Crippen molar-refractivity contribution >= 4 is 5.69 Å². The number of hydrogen-bond donors (Lipinski definition) is 1. The first kappa shape index (κ1) is 9.11. The van der Waals surface area contributed by atoms with Crippen LogP contribution in [0.25, 0.3) is 0 Å². The number of para-hydroxylation sites is 1. The molecule has 1 N–H and O–H groups in total. The van der Waals surface area contributed by atoms with Crippen LogP contribution in [0.3, 0.4) is 0 Å². The van der Waals surface area contributed by atoms with Crippen LogP contribution in [0.1, 0.15) is 25.0 Å². The van der Waals surface area contributed by atoms with E-state index in [9.17, 15) is 0 Å². The Hall–Kier alpha value is -0.980. The van der Waals surface area contributed by atoms with Crippen molar-refractivity contribution in [3.63, 3.8) is 0 Å². The second kappa shape index (κ2) is 4.15. The number of anilines is 1. The van der Waals surface area contributed by atoms with Gasteiger partial charge in [0.05, 0.1) is 0 Å². The van der Waals surface area contributed by atoms with Gasteiger partial charge in [0.25, 0.3) is 0 Å². The fraction of sp³-hybridized carbons (Fsp3) is 0.455. The summed E-state index contributed by atoms with van der Waals surface area (Å²) in [4.78, 5) is 0. The Balaban J connectivity index is 3.13. The lowest BCUT2D eigenvalue weighted by Gasteiger charge is -2.11. The first-order valence-corrected chi connectivity index (χ1v) is 4.62. The predicted molar refractivity (Wildman–Crippen MR) is 54.7 cm³/mol. The maximum absolute atomic E-state index is 3.27. The highest BCUT2D eigenvalue weighted by molar-refractivity contribution is 5.57. The van der Waals surface area contributed by atoms with Crippen LogP contribution >= 0.6 is 0 Å². The minimum absolute atomic E-state index is 1.10. The topological polar surface area (TPSA) is 12.0 Å². The van der Waals surface area contributed by atoms with E-state index in [2.05, 4.69) is 37.4 Å². The SMILES string of the molecule is CCc1cccc(CC)c1NC. The number of nitrogens with one attached hydrogen (secondary N) is 1. The molecule has 0 aromatic heterocycles. The number of hydrogen-bond acceptors (Lipinski definition) is 1. The third-order valence-corrected chi connectivity index (χ3v) is 2.25. The summed E-state index contributed by atoms with van der Waals surface area (Å²) < 4.78 is 0. The molecule has 0 saturated carbocycles. The summed E-state index contributed by atoms with van der Waals surface area (Å²) in [6.07, 6.45) is 2.20. The van der Waals surface area contributed by atoms with Gasteiger partial charge in [0, 0.05) is 12.7 Å². The van der Waals surface area contributed by atoms with Crippen LogP contribution in [0.4, 0.5) is 5.69 Å². The van der Waals surface area contributed by atoms with Crippen LogP contribution < -0.4 is 5.32 Å². The highest BCUT2D eigenvalue weighted by Gasteiger charge is 2.02. The van der Waals surface area contributed by atoms with Crippen molar-refractivity contribution in [1.82, 2.24) is 0 Å². The van der Waals surface area contributed by atoms with Crippen molar-refractivity contribution in [2.24, 2.45) is 0 Å². The van der Waals surface area contributed by atoms with E-state index in [0.717, 1.165) is 12.8 Å². The van der Waals surface area contributed by atoms with Gasteiger partial charge in [0.2, 0.25) is 0 Å². The summed E-state index contributed by atoms with van der Waals surface area (Å²) in [5, 5.41) is 3.27. The summed E-state index contributed by atoms with van der Waals surface area (Å²) in [5.41, 5.74) is 4.15. The Morgan fingerprint density at radius 2 is 1.58 bits per heavy atom. The molecule has 0 aliphatic carbocycles. The Morgan fingerprint density at radius 3 is 1.92 bits per heavy atom. The fourth-order valence-electron chi connectivity index (χ4n) is 1.56. The zero-order valence-corrected chi connectivity index (χ0v) is 8.15. The largest absolute Gasteiger partial charge is 0.388 e.